The Bertz CT molecular complexity index is 1030. The summed E-state index contributed by atoms with van der Waals surface area (Å²) in [6, 6.07) is 18.2. The number of nitrogens with zero attached hydrogens (tertiary/aromatic N) is 5. The summed E-state index contributed by atoms with van der Waals surface area (Å²) in [5.74, 6) is 1.66. The largest absolute Gasteiger partial charge is 0.342 e. The van der Waals surface area contributed by atoms with Crippen molar-refractivity contribution in [1.29, 1.82) is 5.26 Å². The molecule has 3 rings (SSSR count). The van der Waals surface area contributed by atoms with Gasteiger partial charge in [0, 0.05) is 38.3 Å². The van der Waals surface area contributed by atoms with Gasteiger partial charge in [0.2, 0.25) is 5.96 Å². The Labute approximate surface area is 222 Å². The molecule has 1 aliphatic heterocycles. The third-order valence-electron chi connectivity index (χ3n) is 7.55. The SMILES string of the molecule is CCN(CC)CC(c1ccccc1)C1CCN(C(=Nc2ccc(C(=O)N(CC)CC)cc2)NC#N)CC1. The molecule has 37 heavy (non-hydrogen) atoms. The first-order valence-corrected chi connectivity index (χ1v) is 13.7. The molecular formula is C30H42N6O. The van der Waals surface area contributed by atoms with Crippen molar-refractivity contribution in [2.24, 2.45) is 10.9 Å². The number of aliphatic imine (C=N–C) groups is 1. The fraction of sp³-hybridized carbons (Fsp3) is 0.500. The molecular weight excluding hydrogens is 460 g/mol. The van der Waals surface area contributed by atoms with Crippen LogP contribution in [0.1, 0.15) is 62.4 Å². The highest BCUT2D eigenvalue weighted by atomic mass is 16.2. The molecule has 1 aliphatic rings. The Morgan fingerprint density at radius 2 is 1.62 bits per heavy atom. The van der Waals surface area contributed by atoms with E-state index in [4.69, 9.17) is 4.99 Å². The minimum atomic E-state index is 0.0238. The normalized spacial score (nSPS) is 15.4. The molecule has 0 radical (unpaired) electrons. The molecule has 0 aromatic heterocycles. The zero-order valence-electron chi connectivity index (χ0n) is 22.9. The Kier molecular flexibility index (Phi) is 11.0. The molecule has 1 atom stereocenters. The van der Waals surface area contributed by atoms with Crippen molar-refractivity contribution in [3.63, 3.8) is 0 Å². The summed E-state index contributed by atoms with van der Waals surface area (Å²) in [5.41, 5.74) is 2.79. The van der Waals surface area contributed by atoms with Gasteiger partial charge in [-0.05, 0) is 81.4 Å². The van der Waals surface area contributed by atoms with Crippen molar-refractivity contribution >= 4 is 17.6 Å². The molecule has 0 aliphatic carbocycles. The Morgan fingerprint density at radius 3 is 2.16 bits per heavy atom. The summed E-state index contributed by atoms with van der Waals surface area (Å²) in [6.07, 6.45) is 4.15. The zero-order chi connectivity index (χ0) is 26.6. The van der Waals surface area contributed by atoms with E-state index in [9.17, 15) is 10.1 Å². The number of likely N-dealkylation sites (N-methyl/N-ethyl adjacent to an activating group) is 1. The number of likely N-dealkylation sites (tertiary alicyclic amines) is 1. The lowest BCUT2D eigenvalue weighted by atomic mass is 9.79. The molecule has 198 valence electrons. The highest BCUT2D eigenvalue weighted by Crippen LogP contribution is 2.34. The molecule has 1 unspecified atom stereocenters. The van der Waals surface area contributed by atoms with Crippen molar-refractivity contribution in [2.45, 2.75) is 46.5 Å². The van der Waals surface area contributed by atoms with E-state index in [1.165, 1.54) is 5.56 Å². The number of rotatable bonds is 10. The van der Waals surface area contributed by atoms with Crippen LogP contribution >= 0.6 is 0 Å². The highest BCUT2D eigenvalue weighted by Gasteiger charge is 2.30. The molecule has 2 aromatic rings. The van der Waals surface area contributed by atoms with E-state index >= 15 is 0 Å². The number of nitrogens with one attached hydrogen (secondary N) is 1. The van der Waals surface area contributed by atoms with Crippen LogP contribution in [-0.4, -0.2) is 72.4 Å². The van der Waals surface area contributed by atoms with E-state index in [2.05, 4.69) is 65.5 Å². The van der Waals surface area contributed by atoms with Gasteiger partial charge in [-0.1, -0.05) is 44.2 Å². The first-order chi connectivity index (χ1) is 18.0. The molecule has 1 heterocycles. The number of nitriles is 1. The second-order valence-electron chi connectivity index (χ2n) is 9.52. The Morgan fingerprint density at radius 1 is 1.00 bits per heavy atom. The summed E-state index contributed by atoms with van der Waals surface area (Å²) in [5, 5.41) is 12.2. The van der Waals surface area contributed by atoms with Crippen LogP contribution in [0.3, 0.4) is 0 Å². The van der Waals surface area contributed by atoms with E-state index in [1.54, 1.807) is 4.90 Å². The minimum absolute atomic E-state index is 0.0238. The average Bonchev–Trinajstić information content (AvgIpc) is 2.95. The monoisotopic (exact) mass is 502 g/mol. The van der Waals surface area contributed by atoms with Gasteiger partial charge in [-0.3, -0.25) is 10.1 Å². The first kappa shape index (κ1) is 28.2. The second kappa shape index (κ2) is 14.4. The van der Waals surface area contributed by atoms with Crippen molar-refractivity contribution in [3.05, 3.63) is 65.7 Å². The van der Waals surface area contributed by atoms with Crippen LogP contribution in [0.5, 0.6) is 0 Å². The fourth-order valence-corrected chi connectivity index (χ4v) is 5.22. The van der Waals surface area contributed by atoms with Crippen LogP contribution in [0, 0.1) is 17.4 Å². The average molecular weight is 503 g/mol. The molecule has 7 nitrogen and oxygen atoms in total. The van der Waals surface area contributed by atoms with Gasteiger partial charge in [0.1, 0.15) is 0 Å². The fourth-order valence-electron chi connectivity index (χ4n) is 5.22. The van der Waals surface area contributed by atoms with Crippen molar-refractivity contribution < 1.29 is 4.79 Å². The smallest absolute Gasteiger partial charge is 0.253 e. The third kappa shape index (κ3) is 7.56. The lowest BCUT2D eigenvalue weighted by Gasteiger charge is -2.39. The molecule has 0 spiro atoms. The quantitative estimate of drug-likeness (QED) is 0.213. The lowest BCUT2D eigenvalue weighted by molar-refractivity contribution is 0.0773. The summed E-state index contributed by atoms with van der Waals surface area (Å²) >= 11 is 0. The maximum Gasteiger partial charge on any atom is 0.253 e. The predicted octanol–water partition coefficient (Wildman–Crippen LogP) is 5.06. The topological polar surface area (TPSA) is 75.0 Å². The third-order valence-corrected chi connectivity index (χ3v) is 7.55. The number of carbonyl (C=O) groups excluding carboxylic acids is 1. The number of benzene rings is 2. The van der Waals surface area contributed by atoms with Gasteiger partial charge in [0.25, 0.3) is 5.91 Å². The number of guanidine groups is 1. The number of hydrogen-bond acceptors (Lipinski definition) is 4. The molecule has 1 fully saturated rings. The van der Waals surface area contributed by atoms with Crippen LogP contribution in [0.2, 0.25) is 0 Å². The Balaban J connectivity index is 1.72. The second-order valence-corrected chi connectivity index (χ2v) is 9.52. The number of hydrogen-bond donors (Lipinski definition) is 1. The maximum absolute atomic E-state index is 12.6. The van der Waals surface area contributed by atoms with Gasteiger partial charge in [-0.2, -0.15) is 5.26 Å². The van der Waals surface area contributed by atoms with Gasteiger partial charge in [-0.15, -0.1) is 0 Å². The number of piperidine rings is 1. The van der Waals surface area contributed by atoms with E-state index in [0.717, 1.165) is 51.3 Å². The number of carbonyl (C=O) groups is 1. The lowest BCUT2D eigenvalue weighted by Crippen LogP contribution is -2.45. The molecule has 1 saturated heterocycles. The number of amides is 1. The summed E-state index contributed by atoms with van der Waals surface area (Å²) in [7, 11) is 0. The highest BCUT2D eigenvalue weighted by molar-refractivity contribution is 5.94. The van der Waals surface area contributed by atoms with Gasteiger partial charge in [-0.25, -0.2) is 4.99 Å². The van der Waals surface area contributed by atoms with Crippen LogP contribution in [0.4, 0.5) is 5.69 Å². The molecule has 0 saturated carbocycles. The molecule has 1 amide bonds. The minimum Gasteiger partial charge on any atom is -0.342 e. The van der Waals surface area contributed by atoms with Gasteiger partial charge in [0.15, 0.2) is 6.19 Å². The van der Waals surface area contributed by atoms with Crippen LogP contribution in [0.25, 0.3) is 0 Å². The van der Waals surface area contributed by atoms with E-state index in [0.29, 0.717) is 36.4 Å². The zero-order valence-corrected chi connectivity index (χ0v) is 22.9. The van der Waals surface area contributed by atoms with Gasteiger partial charge in [0.05, 0.1) is 5.69 Å². The van der Waals surface area contributed by atoms with Gasteiger partial charge >= 0.3 is 0 Å². The van der Waals surface area contributed by atoms with E-state index < -0.39 is 0 Å². The van der Waals surface area contributed by atoms with Crippen LogP contribution in [0.15, 0.2) is 59.6 Å². The summed E-state index contributed by atoms with van der Waals surface area (Å²) in [6.45, 7) is 14.7. The first-order valence-electron chi connectivity index (χ1n) is 13.7. The Hall–Kier alpha value is -3.37. The van der Waals surface area contributed by atoms with E-state index in [1.807, 2.05) is 38.1 Å². The van der Waals surface area contributed by atoms with Crippen LogP contribution < -0.4 is 5.32 Å². The molecule has 7 heteroatoms. The summed E-state index contributed by atoms with van der Waals surface area (Å²) in [4.78, 5) is 23.8. The standard InChI is InChI=1S/C30H42N6O/c1-5-34(6-2)22-28(24-12-10-9-11-13-24)25-18-20-36(21-19-25)30(32-23-31)33-27-16-14-26(15-17-27)29(37)35(7-3)8-4/h9-17,25,28H,5-8,18-22H2,1-4H3,(H,32,33). The van der Waals surface area contributed by atoms with E-state index in [-0.39, 0.29) is 5.91 Å². The maximum atomic E-state index is 12.6. The van der Waals surface area contributed by atoms with Crippen molar-refractivity contribution in [2.75, 3.05) is 45.8 Å². The summed E-state index contributed by atoms with van der Waals surface area (Å²) < 4.78 is 0. The van der Waals surface area contributed by atoms with Gasteiger partial charge < -0.3 is 14.7 Å². The molecule has 0 bridgehead atoms. The molecule has 2 aromatic carbocycles. The predicted molar refractivity (Wildman–Crippen MR) is 151 cm³/mol. The van der Waals surface area contributed by atoms with Crippen molar-refractivity contribution in [3.8, 4) is 6.19 Å². The van der Waals surface area contributed by atoms with Crippen molar-refractivity contribution in [1.82, 2.24) is 20.0 Å². The molecule has 1 N–H and O–H groups in total. The van der Waals surface area contributed by atoms with Crippen LogP contribution in [-0.2, 0) is 0 Å².